The summed E-state index contributed by atoms with van der Waals surface area (Å²) in [5, 5.41) is 4.41. The van der Waals surface area contributed by atoms with E-state index in [4.69, 9.17) is 4.74 Å². The van der Waals surface area contributed by atoms with Crippen molar-refractivity contribution in [3.63, 3.8) is 0 Å². The summed E-state index contributed by atoms with van der Waals surface area (Å²) in [6.07, 6.45) is 6.32. The summed E-state index contributed by atoms with van der Waals surface area (Å²) in [6.45, 7) is 3.66. The molecular weight excluding hydrogens is 304 g/mol. The van der Waals surface area contributed by atoms with Gasteiger partial charge in [-0.1, -0.05) is 0 Å². The largest absolute Gasteiger partial charge is 0.381 e. The molecule has 0 radical (unpaired) electrons. The van der Waals surface area contributed by atoms with E-state index in [-0.39, 0.29) is 11.8 Å². The third kappa shape index (κ3) is 3.24. The standard InChI is InChI=1S/C18H24N4O2/c1-20-8-2-3-17(20)18(23)21-9-15(13-24-12-14-4-5-14)10-22-16(11-21)6-7-19-22/h2-3,6-8,14-15H,4-5,9-13H2,1H3/t15-/m0/s1. The molecule has 6 nitrogen and oxygen atoms in total. The van der Waals surface area contributed by atoms with Crippen LogP contribution >= 0.6 is 0 Å². The van der Waals surface area contributed by atoms with E-state index in [9.17, 15) is 4.79 Å². The molecule has 1 aliphatic heterocycles. The molecule has 0 aromatic carbocycles. The Morgan fingerprint density at radius 2 is 2.08 bits per heavy atom. The second-order valence-electron chi connectivity index (χ2n) is 7.04. The number of nitrogens with zero attached hydrogens (tertiary/aromatic N) is 4. The minimum atomic E-state index is 0.0735. The van der Waals surface area contributed by atoms with E-state index in [1.54, 1.807) is 0 Å². The Kier molecular flexibility index (Phi) is 4.14. The van der Waals surface area contributed by atoms with Gasteiger partial charge in [-0.3, -0.25) is 9.48 Å². The van der Waals surface area contributed by atoms with Crippen molar-refractivity contribution >= 4 is 5.91 Å². The number of ether oxygens (including phenoxy) is 1. The van der Waals surface area contributed by atoms with Crippen molar-refractivity contribution in [1.29, 1.82) is 0 Å². The van der Waals surface area contributed by atoms with Gasteiger partial charge in [-0.05, 0) is 37.0 Å². The van der Waals surface area contributed by atoms with E-state index in [0.29, 0.717) is 19.7 Å². The molecule has 1 atom stereocenters. The number of amides is 1. The smallest absolute Gasteiger partial charge is 0.270 e. The minimum absolute atomic E-state index is 0.0735. The fourth-order valence-electron chi connectivity index (χ4n) is 3.32. The summed E-state index contributed by atoms with van der Waals surface area (Å²) in [5.74, 6) is 1.11. The van der Waals surface area contributed by atoms with Crippen molar-refractivity contribution in [2.75, 3.05) is 19.8 Å². The number of hydrogen-bond donors (Lipinski definition) is 0. The van der Waals surface area contributed by atoms with Crippen LogP contribution in [0.4, 0.5) is 0 Å². The van der Waals surface area contributed by atoms with Crippen LogP contribution in [0.25, 0.3) is 0 Å². The summed E-state index contributed by atoms with van der Waals surface area (Å²) in [4.78, 5) is 14.9. The van der Waals surface area contributed by atoms with Gasteiger partial charge in [0.25, 0.3) is 5.91 Å². The van der Waals surface area contributed by atoms with Gasteiger partial charge in [0.05, 0.1) is 18.8 Å². The van der Waals surface area contributed by atoms with Gasteiger partial charge in [0.2, 0.25) is 0 Å². The maximum absolute atomic E-state index is 12.9. The third-order valence-electron chi connectivity index (χ3n) is 4.92. The predicted molar refractivity (Wildman–Crippen MR) is 89.4 cm³/mol. The zero-order valence-electron chi connectivity index (χ0n) is 14.1. The van der Waals surface area contributed by atoms with Gasteiger partial charge in [0.1, 0.15) is 5.69 Å². The molecule has 0 unspecified atom stereocenters. The average Bonchev–Trinajstić information content (AvgIpc) is 3.19. The molecule has 128 valence electrons. The summed E-state index contributed by atoms with van der Waals surface area (Å²) in [7, 11) is 1.91. The lowest BCUT2D eigenvalue weighted by atomic mass is 10.1. The summed E-state index contributed by atoms with van der Waals surface area (Å²) in [5.41, 5.74) is 1.81. The first-order chi connectivity index (χ1) is 11.7. The van der Waals surface area contributed by atoms with Crippen molar-refractivity contribution in [3.8, 4) is 0 Å². The molecule has 2 aromatic heterocycles. The maximum atomic E-state index is 12.9. The van der Waals surface area contributed by atoms with Crippen LogP contribution in [-0.2, 0) is 24.9 Å². The lowest BCUT2D eigenvalue weighted by Crippen LogP contribution is -2.36. The summed E-state index contributed by atoms with van der Waals surface area (Å²) >= 11 is 0. The Labute approximate surface area is 142 Å². The molecule has 0 spiro atoms. The Balaban J connectivity index is 1.50. The van der Waals surface area contributed by atoms with Crippen LogP contribution in [0.15, 0.2) is 30.6 Å². The highest BCUT2D eigenvalue weighted by Crippen LogP contribution is 2.29. The molecule has 0 saturated heterocycles. The zero-order chi connectivity index (χ0) is 16.5. The molecule has 1 saturated carbocycles. The normalized spacial score (nSPS) is 20.7. The van der Waals surface area contributed by atoms with E-state index >= 15 is 0 Å². The average molecular weight is 328 g/mol. The summed E-state index contributed by atoms with van der Waals surface area (Å²) in [6, 6.07) is 5.79. The van der Waals surface area contributed by atoms with Gasteiger partial charge < -0.3 is 14.2 Å². The van der Waals surface area contributed by atoms with Crippen molar-refractivity contribution in [2.45, 2.75) is 25.9 Å². The highest BCUT2D eigenvalue weighted by atomic mass is 16.5. The molecule has 1 aliphatic carbocycles. The second kappa shape index (κ2) is 6.43. The molecule has 24 heavy (non-hydrogen) atoms. The van der Waals surface area contributed by atoms with Crippen LogP contribution in [0.2, 0.25) is 0 Å². The number of carbonyl (C=O) groups is 1. The third-order valence-corrected chi connectivity index (χ3v) is 4.92. The highest BCUT2D eigenvalue weighted by Gasteiger charge is 2.28. The lowest BCUT2D eigenvalue weighted by molar-refractivity contribution is 0.0562. The number of rotatable bonds is 5. The van der Waals surface area contributed by atoms with E-state index in [0.717, 1.165) is 30.5 Å². The summed E-state index contributed by atoms with van der Waals surface area (Å²) < 4.78 is 9.80. The molecule has 3 heterocycles. The maximum Gasteiger partial charge on any atom is 0.270 e. The molecule has 0 N–H and O–H groups in total. The molecule has 1 fully saturated rings. The zero-order valence-corrected chi connectivity index (χ0v) is 14.1. The van der Waals surface area contributed by atoms with Crippen LogP contribution in [0.1, 0.15) is 29.0 Å². The molecule has 2 aliphatic rings. The van der Waals surface area contributed by atoms with E-state index < -0.39 is 0 Å². The first-order valence-corrected chi connectivity index (χ1v) is 8.69. The Morgan fingerprint density at radius 1 is 1.25 bits per heavy atom. The van der Waals surface area contributed by atoms with Gasteiger partial charge >= 0.3 is 0 Å². The lowest BCUT2D eigenvalue weighted by Gasteiger charge is -2.24. The SMILES string of the molecule is Cn1cccc1C(=O)N1Cc2ccnn2C[C@@H](COCC2CC2)C1. The molecule has 1 amide bonds. The van der Waals surface area contributed by atoms with Gasteiger partial charge in [-0.2, -0.15) is 5.10 Å². The van der Waals surface area contributed by atoms with Gasteiger partial charge in [0, 0.05) is 45.1 Å². The number of aryl methyl sites for hydroxylation is 1. The topological polar surface area (TPSA) is 52.3 Å². The van der Waals surface area contributed by atoms with E-state index in [1.165, 1.54) is 12.8 Å². The fraction of sp³-hybridized carbons (Fsp3) is 0.556. The molecule has 6 heteroatoms. The fourth-order valence-corrected chi connectivity index (χ4v) is 3.32. The highest BCUT2D eigenvalue weighted by molar-refractivity contribution is 5.92. The quantitative estimate of drug-likeness (QED) is 0.843. The van der Waals surface area contributed by atoms with E-state index in [1.807, 2.05) is 51.8 Å². The molecular formula is C18H24N4O2. The van der Waals surface area contributed by atoms with Gasteiger partial charge in [-0.15, -0.1) is 0 Å². The molecule has 0 bridgehead atoms. The van der Waals surface area contributed by atoms with E-state index in [2.05, 4.69) is 5.10 Å². The second-order valence-corrected chi connectivity index (χ2v) is 7.04. The van der Waals surface area contributed by atoms with Gasteiger partial charge in [0.15, 0.2) is 0 Å². The monoisotopic (exact) mass is 328 g/mol. The number of fused-ring (bicyclic) bond motifs is 1. The first-order valence-electron chi connectivity index (χ1n) is 8.69. The Morgan fingerprint density at radius 3 is 2.83 bits per heavy atom. The molecule has 2 aromatic rings. The van der Waals surface area contributed by atoms with Crippen molar-refractivity contribution in [3.05, 3.63) is 42.0 Å². The van der Waals surface area contributed by atoms with Crippen LogP contribution in [0.3, 0.4) is 0 Å². The van der Waals surface area contributed by atoms with Crippen molar-refractivity contribution in [1.82, 2.24) is 19.2 Å². The first kappa shape index (κ1) is 15.4. The number of hydrogen-bond acceptors (Lipinski definition) is 3. The number of carbonyl (C=O) groups excluding carboxylic acids is 1. The number of aromatic nitrogens is 3. The minimum Gasteiger partial charge on any atom is -0.381 e. The van der Waals surface area contributed by atoms with Crippen molar-refractivity contribution in [2.24, 2.45) is 18.9 Å². The molecule has 4 rings (SSSR count). The van der Waals surface area contributed by atoms with Gasteiger partial charge in [-0.25, -0.2) is 0 Å². The predicted octanol–water partition coefficient (Wildman–Crippen LogP) is 1.92. The Hall–Kier alpha value is -2.08. The van der Waals surface area contributed by atoms with Crippen molar-refractivity contribution < 1.29 is 9.53 Å². The van der Waals surface area contributed by atoms with Crippen LogP contribution < -0.4 is 0 Å². The van der Waals surface area contributed by atoms with Crippen LogP contribution in [0, 0.1) is 11.8 Å². The van der Waals surface area contributed by atoms with Crippen LogP contribution in [-0.4, -0.2) is 44.9 Å². The van der Waals surface area contributed by atoms with Crippen LogP contribution in [0.5, 0.6) is 0 Å². The Bertz CT molecular complexity index is 716.